The van der Waals surface area contributed by atoms with Crippen LogP contribution in [0.4, 0.5) is 0 Å². The maximum Gasteiger partial charge on any atom is 0.0625 e. The molecular weight excluding hydrogens is 230 g/mol. The van der Waals surface area contributed by atoms with Gasteiger partial charge in [0.2, 0.25) is 0 Å². The molecule has 2 nitrogen and oxygen atoms in total. The quantitative estimate of drug-likeness (QED) is 0.840. The molecule has 1 aliphatic rings. The highest BCUT2D eigenvalue weighted by Gasteiger charge is 2.28. The summed E-state index contributed by atoms with van der Waals surface area (Å²) >= 11 is 1.92. The molecule has 0 saturated heterocycles. The van der Waals surface area contributed by atoms with Crippen LogP contribution < -0.4 is 5.32 Å². The second-order valence-electron chi connectivity index (χ2n) is 4.62. The van der Waals surface area contributed by atoms with Gasteiger partial charge in [-0.2, -0.15) is 0 Å². The van der Waals surface area contributed by atoms with Crippen molar-refractivity contribution in [2.45, 2.75) is 45.1 Å². The van der Waals surface area contributed by atoms with Crippen molar-refractivity contribution in [1.82, 2.24) is 5.32 Å². The molecule has 0 aromatic carbocycles. The number of aryl methyl sites for hydroxylation is 1. The number of hydrogen-bond donors (Lipinski definition) is 1. The molecule has 0 aliphatic heterocycles. The van der Waals surface area contributed by atoms with Gasteiger partial charge in [0.15, 0.2) is 0 Å². The Bertz CT molecular complexity index is 337. The maximum atomic E-state index is 5.63. The summed E-state index contributed by atoms with van der Waals surface area (Å²) in [5.74, 6) is 0.650. The molecule has 1 heterocycles. The Balaban J connectivity index is 2.09. The van der Waals surface area contributed by atoms with Crippen molar-refractivity contribution in [1.29, 1.82) is 0 Å². The minimum Gasteiger partial charge on any atom is -0.380 e. The summed E-state index contributed by atoms with van der Waals surface area (Å²) in [6, 6.07) is 2.80. The molecule has 0 fully saturated rings. The Hall–Kier alpha value is -0.380. The molecule has 0 radical (unpaired) electrons. The van der Waals surface area contributed by atoms with E-state index in [9.17, 15) is 0 Å². The van der Waals surface area contributed by atoms with Crippen LogP contribution in [0.15, 0.2) is 11.4 Å². The Morgan fingerprint density at radius 3 is 3.18 bits per heavy atom. The van der Waals surface area contributed by atoms with E-state index in [4.69, 9.17) is 4.74 Å². The number of likely N-dealkylation sites (N-methyl/N-ethyl adjacent to an activating group) is 1. The first-order valence-corrected chi connectivity index (χ1v) is 7.62. The van der Waals surface area contributed by atoms with Crippen molar-refractivity contribution >= 4 is 11.3 Å². The second-order valence-corrected chi connectivity index (χ2v) is 5.62. The molecule has 2 rings (SSSR count). The Morgan fingerprint density at radius 1 is 1.53 bits per heavy atom. The van der Waals surface area contributed by atoms with Crippen LogP contribution in [0.5, 0.6) is 0 Å². The lowest BCUT2D eigenvalue weighted by molar-refractivity contribution is 0.112. The standard InChI is InChI=1S/C14H23NOS/c1-3-15-13(10-16-4-2)11-6-5-7-14-12(11)8-9-17-14/h8-9,11,13,15H,3-7,10H2,1-2H3. The lowest BCUT2D eigenvalue weighted by atomic mass is 9.82. The first-order valence-electron chi connectivity index (χ1n) is 6.74. The highest BCUT2D eigenvalue weighted by atomic mass is 32.1. The number of ether oxygens (including phenoxy) is 1. The van der Waals surface area contributed by atoms with Gasteiger partial charge in [0.1, 0.15) is 0 Å². The third kappa shape index (κ3) is 3.09. The van der Waals surface area contributed by atoms with Gasteiger partial charge in [-0.05, 0) is 49.7 Å². The SMILES string of the molecule is CCNC(COCC)C1CCCc2sccc21. The van der Waals surface area contributed by atoms with Crippen LogP contribution in [0.3, 0.4) is 0 Å². The van der Waals surface area contributed by atoms with E-state index >= 15 is 0 Å². The molecule has 1 aromatic heterocycles. The monoisotopic (exact) mass is 253 g/mol. The van der Waals surface area contributed by atoms with Crippen LogP contribution in [0.25, 0.3) is 0 Å². The zero-order valence-electron chi connectivity index (χ0n) is 10.9. The lowest BCUT2D eigenvalue weighted by Crippen LogP contribution is -2.39. The predicted molar refractivity (Wildman–Crippen MR) is 74.0 cm³/mol. The summed E-state index contributed by atoms with van der Waals surface area (Å²) in [7, 11) is 0. The molecule has 1 aliphatic carbocycles. The Morgan fingerprint density at radius 2 is 2.41 bits per heavy atom. The fourth-order valence-electron chi connectivity index (χ4n) is 2.76. The van der Waals surface area contributed by atoms with E-state index in [-0.39, 0.29) is 0 Å². The summed E-state index contributed by atoms with van der Waals surface area (Å²) in [5, 5.41) is 5.84. The molecular formula is C14H23NOS. The van der Waals surface area contributed by atoms with Gasteiger partial charge in [-0.1, -0.05) is 6.92 Å². The van der Waals surface area contributed by atoms with Gasteiger partial charge in [-0.15, -0.1) is 11.3 Å². The van der Waals surface area contributed by atoms with E-state index in [0.717, 1.165) is 19.8 Å². The van der Waals surface area contributed by atoms with Gasteiger partial charge < -0.3 is 10.1 Å². The van der Waals surface area contributed by atoms with Crippen LogP contribution >= 0.6 is 11.3 Å². The fourth-order valence-corrected chi connectivity index (χ4v) is 3.76. The molecule has 3 heteroatoms. The minimum absolute atomic E-state index is 0.480. The van der Waals surface area contributed by atoms with Gasteiger partial charge in [0.05, 0.1) is 6.61 Å². The number of fused-ring (bicyclic) bond motifs is 1. The number of hydrogen-bond acceptors (Lipinski definition) is 3. The number of rotatable bonds is 6. The lowest BCUT2D eigenvalue weighted by Gasteiger charge is -2.31. The molecule has 1 aromatic rings. The van der Waals surface area contributed by atoms with Crippen LogP contribution in [0, 0.1) is 0 Å². The van der Waals surface area contributed by atoms with Crippen LogP contribution in [0.1, 0.15) is 43.0 Å². The summed E-state index contributed by atoms with van der Waals surface area (Å²) in [4.78, 5) is 1.60. The third-order valence-corrected chi connectivity index (χ3v) is 4.55. The highest BCUT2D eigenvalue weighted by molar-refractivity contribution is 7.10. The Kier molecular flexibility index (Phi) is 5.01. The third-order valence-electron chi connectivity index (χ3n) is 3.55. The zero-order valence-corrected chi connectivity index (χ0v) is 11.7. The summed E-state index contributed by atoms with van der Waals surface area (Å²) in [5.41, 5.74) is 1.58. The average Bonchev–Trinajstić information content (AvgIpc) is 2.82. The van der Waals surface area contributed by atoms with Gasteiger partial charge >= 0.3 is 0 Å². The number of nitrogens with one attached hydrogen (secondary N) is 1. The summed E-state index contributed by atoms with van der Waals surface area (Å²) < 4.78 is 5.63. The van der Waals surface area contributed by atoms with E-state index in [0.29, 0.717) is 12.0 Å². The normalized spacial score (nSPS) is 21.2. The van der Waals surface area contributed by atoms with Crippen molar-refractivity contribution in [3.05, 3.63) is 21.9 Å². The molecule has 96 valence electrons. The van der Waals surface area contributed by atoms with Crippen LogP contribution in [-0.2, 0) is 11.2 Å². The van der Waals surface area contributed by atoms with Crippen molar-refractivity contribution in [2.75, 3.05) is 19.8 Å². The first-order chi connectivity index (χ1) is 8.36. The summed E-state index contributed by atoms with van der Waals surface area (Å²) in [6.07, 6.45) is 3.90. The van der Waals surface area contributed by atoms with Crippen molar-refractivity contribution in [3.8, 4) is 0 Å². The second kappa shape index (κ2) is 6.53. The first kappa shape index (κ1) is 13.1. The topological polar surface area (TPSA) is 21.3 Å². The molecule has 0 amide bonds. The van der Waals surface area contributed by atoms with Crippen molar-refractivity contribution in [3.63, 3.8) is 0 Å². The van der Waals surface area contributed by atoms with E-state index < -0.39 is 0 Å². The van der Waals surface area contributed by atoms with E-state index in [2.05, 4.69) is 30.6 Å². The number of thiophene rings is 1. The molecule has 1 N–H and O–H groups in total. The van der Waals surface area contributed by atoms with Gasteiger partial charge in [0.25, 0.3) is 0 Å². The molecule has 0 spiro atoms. The predicted octanol–water partition coefficient (Wildman–Crippen LogP) is 3.18. The maximum absolute atomic E-state index is 5.63. The van der Waals surface area contributed by atoms with E-state index in [1.54, 1.807) is 10.4 Å². The fraction of sp³-hybridized carbons (Fsp3) is 0.714. The van der Waals surface area contributed by atoms with Gasteiger partial charge in [-0.25, -0.2) is 0 Å². The minimum atomic E-state index is 0.480. The van der Waals surface area contributed by atoms with E-state index in [1.807, 2.05) is 11.3 Å². The van der Waals surface area contributed by atoms with Crippen LogP contribution in [-0.4, -0.2) is 25.8 Å². The Labute approximate surface area is 108 Å². The molecule has 0 bridgehead atoms. The highest BCUT2D eigenvalue weighted by Crippen LogP contribution is 2.37. The van der Waals surface area contributed by atoms with Crippen molar-refractivity contribution < 1.29 is 4.74 Å². The molecule has 0 saturated carbocycles. The smallest absolute Gasteiger partial charge is 0.0625 e. The summed E-state index contributed by atoms with van der Waals surface area (Å²) in [6.45, 7) is 6.92. The molecule has 2 unspecified atom stereocenters. The average molecular weight is 253 g/mol. The molecule has 2 atom stereocenters. The molecule has 17 heavy (non-hydrogen) atoms. The largest absolute Gasteiger partial charge is 0.380 e. The van der Waals surface area contributed by atoms with Gasteiger partial charge in [-0.3, -0.25) is 0 Å². The zero-order chi connectivity index (χ0) is 12.1. The van der Waals surface area contributed by atoms with Crippen LogP contribution in [0.2, 0.25) is 0 Å². The van der Waals surface area contributed by atoms with E-state index in [1.165, 1.54) is 19.3 Å². The van der Waals surface area contributed by atoms with Gasteiger partial charge in [0, 0.05) is 23.4 Å². The van der Waals surface area contributed by atoms with Crippen molar-refractivity contribution in [2.24, 2.45) is 0 Å².